The Labute approximate surface area is 182 Å². The fourth-order valence-corrected chi connectivity index (χ4v) is 4.79. The summed E-state index contributed by atoms with van der Waals surface area (Å²) in [6, 6.07) is 16.5. The van der Waals surface area contributed by atoms with E-state index in [1.54, 1.807) is 24.3 Å². The molecule has 0 aromatic heterocycles. The van der Waals surface area contributed by atoms with Crippen molar-refractivity contribution >= 4 is 18.4 Å². The van der Waals surface area contributed by atoms with Crippen LogP contribution in [0.5, 0.6) is 0 Å². The average Bonchev–Trinajstić information content (AvgIpc) is 2.66. The predicted molar refractivity (Wildman–Crippen MR) is 122 cm³/mol. The molecule has 5 nitrogen and oxygen atoms in total. The smallest absolute Gasteiger partial charge is 0.297 e. The monoisotopic (exact) mass is 450 g/mol. The van der Waals surface area contributed by atoms with Crippen LogP contribution in [0.2, 0.25) is 18.1 Å². The third-order valence-corrected chi connectivity index (χ3v) is 11.2. The van der Waals surface area contributed by atoms with Crippen LogP contribution in [0.25, 0.3) is 0 Å². The lowest BCUT2D eigenvalue weighted by molar-refractivity contribution is 0.0131. The fourth-order valence-electron chi connectivity index (χ4n) is 2.53. The lowest BCUT2D eigenvalue weighted by atomic mass is 10.2. The van der Waals surface area contributed by atoms with Crippen molar-refractivity contribution in [2.24, 2.45) is 0 Å². The van der Waals surface area contributed by atoms with Crippen molar-refractivity contribution in [3.63, 3.8) is 0 Å². The number of hydrogen-bond acceptors (Lipinski definition) is 5. The molecule has 30 heavy (non-hydrogen) atoms. The molecule has 0 N–H and O–H groups in total. The Balaban J connectivity index is 2.06. The van der Waals surface area contributed by atoms with Gasteiger partial charge in [0.25, 0.3) is 10.1 Å². The Morgan fingerprint density at radius 1 is 0.933 bits per heavy atom. The zero-order chi connectivity index (χ0) is 22.4. The van der Waals surface area contributed by atoms with E-state index in [0.717, 1.165) is 11.1 Å². The first-order chi connectivity index (χ1) is 13.9. The quantitative estimate of drug-likeness (QED) is 0.363. The van der Waals surface area contributed by atoms with Gasteiger partial charge in [0.05, 0.1) is 30.8 Å². The normalized spacial score (nSPS) is 13.9. The van der Waals surface area contributed by atoms with Crippen LogP contribution in [0.3, 0.4) is 0 Å². The zero-order valence-electron chi connectivity index (χ0n) is 18.8. The molecular formula is C23H34O5SSi. The fraction of sp³-hybridized carbons (Fsp3) is 0.478. The van der Waals surface area contributed by atoms with E-state index in [9.17, 15) is 8.42 Å². The number of aryl methyl sites for hydroxylation is 1. The summed E-state index contributed by atoms with van der Waals surface area (Å²) in [7, 11) is -6.00. The molecule has 0 aliphatic carbocycles. The minimum absolute atomic E-state index is 0.0134. The van der Waals surface area contributed by atoms with Gasteiger partial charge in [0.2, 0.25) is 0 Å². The van der Waals surface area contributed by atoms with Crippen molar-refractivity contribution in [1.82, 2.24) is 0 Å². The first-order valence-electron chi connectivity index (χ1n) is 10.2. The maximum Gasteiger partial charge on any atom is 0.297 e. The standard InChI is InChI=1S/C23H34O5SSi/c1-19-12-14-22(15-13-19)29(24,25)27-18-21(28-30(5,6)23(2,3)4)17-26-16-20-10-8-7-9-11-20/h7-15,21H,16-18H2,1-6H3. The summed E-state index contributed by atoms with van der Waals surface area (Å²) in [6.45, 7) is 13.2. The molecule has 0 saturated heterocycles. The highest BCUT2D eigenvalue weighted by atomic mass is 32.2. The highest BCUT2D eigenvalue weighted by molar-refractivity contribution is 7.86. The molecule has 0 saturated carbocycles. The van der Waals surface area contributed by atoms with E-state index >= 15 is 0 Å². The van der Waals surface area contributed by atoms with E-state index in [2.05, 4.69) is 33.9 Å². The molecule has 2 rings (SSSR count). The number of benzene rings is 2. The molecule has 0 heterocycles. The molecule has 166 valence electrons. The molecular weight excluding hydrogens is 416 g/mol. The first kappa shape index (κ1) is 24.8. The van der Waals surface area contributed by atoms with E-state index in [1.165, 1.54) is 0 Å². The van der Waals surface area contributed by atoms with Gasteiger partial charge in [-0.15, -0.1) is 0 Å². The van der Waals surface area contributed by atoms with Gasteiger partial charge in [-0.25, -0.2) is 0 Å². The Morgan fingerprint density at radius 3 is 2.10 bits per heavy atom. The van der Waals surface area contributed by atoms with E-state index in [1.807, 2.05) is 37.3 Å². The third kappa shape index (κ3) is 7.32. The van der Waals surface area contributed by atoms with Crippen LogP contribution in [-0.2, 0) is 30.1 Å². The third-order valence-electron chi connectivity index (χ3n) is 5.40. The van der Waals surface area contributed by atoms with Crippen molar-refractivity contribution < 1.29 is 21.8 Å². The summed E-state index contributed by atoms with van der Waals surface area (Å²) in [5.74, 6) is 0. The Morgan fingerprint density at radius 2 is 1.53 bits per heavy atom. The van der Waals surface area contributed by atoms with Crippen LogP contribution in [0.4, 0.5) is 0 Å². The van der Waals surface area contributed by atoms with Crippen LogP contribution >= 0.6 is 0 Å². The Bertz CT molecular complexity index is 887. The summed E-state index contributed by atoms with van der Waals surface area (Å²) in [6.07, 6.45) is -0.477. The topological polar surface area (TPSA) is 61.8 Å². The van der Waals surface area contributed by atoms with Gasteiger partial charge < -0.3 is 9.16 Å². The van der Waals surface area contributed by atoms with Crippen LogP contribution in [-0.4, -0.2) is 36.1 Å². The van der Waals surface area contributed by atoms with Crippen LogP contribution in [0, 0.1) is 6.92 Å². The molecule has 1 unspecified atom stereocenters. The SMILES string of the molecule is Cc1ccc(S(=O)(=O)OCC(COCc2ccccc2)O[Si](C)(C)C(C)(C)C)cc1. The van der Waals surface area contributed by atoms with Crippen LogP contribution in [0.1, 0.15) is 31.9 Å². The van der Waals surface area contributed by atoms with Gasteiger partial charge in [-0.3, -0.25) is 4.18 Å². The van der Waals surface area contributed by atoms with E-state index in [4.69, 9.17) is 13.3 Å². The van der Waals surface area contributed by atoms with Gasteiger partial charge in [0.1, 0.15) is 0 Å². The van der Waals surface area contributed by atoms with Crippen molar-refractivity contribution in [1.29, 1.82) is 0 Å². The van der Waals surface area contributed by atoms with Crippen LogP contribution < -0.4 is 0 Å². The molecule has 7 heteroatoms. The molecule has 2 aromatic carbocycles. The van der Waals surface area contributed by atoms with E-state index in [0.29, 0.717) is 6.61 Å². The minimum Gasteiger partial charge on any atom is -0.409 e. The molecule has 0 amide bonds. The van der Waals surface area contributed by atoms with Crippen molar-refractivity contribution in [2.75, 3.05) is 13.2 Å². The maximum atomic E-state index is 12.6. The molecule has 2 aromatic rings. The second kappa shape index (κ2) is 10.2. The van der Waals surface area contributed by atoms with Gasteiger partial charge in [-0.2, -0.15) is 8.42 Å². The summed E-state index contributed by atoms with van der Waals surface area (Å²) < 4.78 is 42.8. The van der Waals surface area contributed by atoms with E-state index < -0.39 is 24.5 Å². The molecule has 0 aliphatic heterocycles. The largest absolute Gasteiger partial charge is 0.409 e. The van der Waals surface area contributed by atoms with E-state index in [-0.39, 0.29) is 23.1 Å². The number of rotatable bonds is 10. The molecule has 0 bridgehead atoms. The van der Waals surface area contributed by atoms with Gasteiger partial charge >= 0.3 is 0 Å². The van der Waals surface area contributed by atoms with Gasteiger partial charge in [-0.1, -0.05) is 68.8 Å². The lowest BCUT2D eigenvalue weighted by Gasteiger charge is -2.39. The number of ether oxygens (including phenoxy) is 1. The molecule has 0 spiro atoms. The minimum atomic E-state index is -3.86. The maximum absolute atomic E-state index is 12.6. The average molecular weight is 451 g/mol. The van der Waals surface area contributed by atoms with Crippen molar-refractivity contribution in [3.05, 3.63) is 65.7 Å². The summed E-state index contributed by atoms with van der Waals surface area (Å²) in [5, 5.41) is -0.0134. The van der Waals surface area contributed by atoms with Gasteiger partial charge in [-0.05, 0) is 42.8 Å². The first-order valence-corrected chi connectivity index (χ1v) is 14.5. The Hall–Kier alpha value is -1.51. The summed E-state index contributed by atoms with van der Waals surface area (Å²) in [5.41, 5.74) is 2.04. The second-order valence-electron chi connectivity index (χ2n) is 9.05. The molecule has 1 atom stereocenters. The molecule has 0 radical (unpaired) electrons. The van der Waals surface area contributed by atoms with Crippen LogP contribution in [0.15, 0.2) is 59.5 Å². The van der Waals surface area contributed by atoms with Gasteiger partial charge in [0.15, 0.2) is 8.32 Å². The summed E-state index contributed by atoms with van der Waals surface area (Å²) >= 11 is 0. The summed E-state index contributed by atoms with van der Waals surface area (Å²) in [4.78, 5) is 0.143. The Kier molecular flexibility index (Phi) is 8.41. The number of hydrogen-bond donors (Lipinski definition) is 0. The van der Waals surface area contributed by atoms with Gasteiger partial charge in [0, 0.05) is 0 Å². The molecule has 0 fully saturated rings. The van der Waals surface area contributed by atoms with Crippen molar-refractivity contribution in [2.45, 2.75) is 63.4 Å². The zero-order valence-corrected chi connectivity index (χ0v) is 20.7. The van der Waals surface area contributed by atoms with Crippen molar-refractivity contribution in [3.8, 4) is 0 Å². The lowest BCUT2D eigenvalue weighted by Crippen LogP contribution is -2.46. The predicted octanol–water partition coefficient (Wildman–Crippen LogP) is 5.31. The highest BCUT2D eigenvalue weighted by Crippen LogP contribution is 2.37. The second-order valence-corrected chi connectivity index (χ2v) is 15.4. The molecule has 0 aliphatic rings. The highest BCUT2D eigenvalue weighted by Gasteiger charge is 2.39.